The first-order valence-corrected chi connectivity index (χ1v) is 21.0. The summed E-state index contributed by atoms with van der Waals surface area (Å²) in [6, 6.07) is 9.11. The zero-order chi connectivity index (χ0) is 54.5. The lowest BCUT2D eigenvalue weighted by atomic mass is 9.83. The molecule has 6 N–H and O–H groups in total. The minimum Gasteiger partial charge on any atom is -0.465 e. The van der Waals surface area contributed by atoms with E-state index < -0.39 is 101 Å². The molecule has 1 aliphatic rings. The Balaban J connectivity index is 0.000000317. The number of halogens is 9. The fraction of sp³-hybridized carbons (Fsp3) is 0.341. The maximum absolute atomic E-state index is 14.1. The molecule has 5 aromatic rings. The van der Waals surface area contributed by atoms with Crippen LogP contribution in [0.2, 0.25) is 0 Å². The first-order chi connectivity index (χ1) is 34.4. The van der Waals surface area contributed by atoms with E-state index in [0.29, 0.717) is 0 Å². The molecule has 2 aromatic carbocycles. The molecule has 396 valence electrons. The number of nitrogens with two attached hydrogens (primary N) is 2. The van der Waals surface area contributed by atoms with E-state index >= 15 is 0 Å². The Morgan fingerprint density at radius 1 is 0.865 bits per heavy atom. The summed E-state index contributed by atoms with van der Waals surface area (Å²) in [7, 11) is 0. The van der Waals surface area contributed by atoms with Crippen molar-refractivity contribution in [3.63, 3.8) is 0 Å². The molecule has 0 fully saturated rings. The SMILES string of the molecule is CCOC(=O)C1(C)C(=O)Nc2nc(-c3cc(OC(F)F)n(Cc4cccc(F)c4F)n3)nc(N)c21.Cl.N=C(N)c1cc(OC(F)F)n(Cc2cccc(F)c2F)n1.[C-]#[N+]C(C#N)C(C)(C(=O)OCC)C(=O)OCC. The van der Waals surface area contributed by atoms with Gasteiger partial charge in [-0.2, -0.15) is 33.0 Å². The third-order valence-corrected chi connectivity index (χ3v) is 10.1. The van der Waals surface area contributed by atoms with E-state index in [1.54, 1.807) is 26.8 Å². The number of hydrogen-bond donors (Lipinski definition) is 4. The molecule has 0 bridgehead atoms. The predicted molar refractivity (Wildman–Crippen MR) is 242 cm³/mol. The van der Waals surface area contributed by atoms with Crippen LogP contribution in [0.15, 0.2) is 48.5 Å². The highest BCUT2D eigenvalue weighted by Crippen LogP contribution is 2.42. The Labute approximate surface area is 420 Å². The monoisotopic (exact) mass is 1070 g/mol. The highest BCUT2D eigenvalue weighted by atomic mass is 35.5. The molecule has 0 saturated carbocycles. The number of aromatic nitrogens is 6. The van der Waals surface area contributed by atoms with Gasteiger partial charge in [0.05, 0.1) is 38.5 Å². The summed E-state index contributed by atoms with van der Waals surface area (Å²) in [4.78, 5) is 59.7. The average Bonchev–Trinajstić information content (AvgIpc) is 4.00. The van der Waals surface area contributed by atoms with E-state index in [-0.39, 0.29) is 84.3 Å². The zero-order valence-electron chi connectivity index (χ0n) is 39.2. The van der Waals surface area contributed by atoms with Crippen molar-refractivity contribution in [1.29, 1.82) is 10.7 Å². The summed E-state index contributed by atoms with van der Waals surface area (Å²) < 4.78 is 130. The number of nitrogen functional groups attached to an aromatic ring is 2. The lowest BCUT2D eigenvalue weighted by Gasteiger charge is -2.22. The molecule has 3 aromatic heterocycles. The Morgan fingerprint density at radius 3 is 1.80 bits per heavy atom. The van der Waals surface area contributed by atoms with Crippen LogP contribution in [0.3, 0.4) is 0 Å². The molecule has 0 saturated heterocycles. The van der Waals surface area contributed by atoms with E-state index in [1.807, 2.05) is 0 Å². The molecular weight excluding hydrogens is 1030 g/mol. The normalized spacial score (nSPS) is 13.8. The highest BCUT2D eigenvalue weighted by Gasteiger charge is 2.57. The molecule has 1 amide bonds. The number of carbonyl (C=O) groups excluding carboxylic acids is 4. The lowest BCUT2D eigenvalue weighted by Crippen LogP contribution is -2.46. The van der Waals surface area contributed by atoms with E-state index in [0.717, 1.165) is 33.6 Å². The van der Waals surface area contributed by atoms with Gasteiger partial charge in [-0.3, -0.25) is 29.4 Å². The zero-order valence-corrected chi connectivity index (χ0v) is 40.0. The van der Waals surface area contributed by atoms with Crippen LogP contribution in [0.4, 0.5) is 46.8 Å². The number of carbonyl (C=O) groups is 4. The van der Waals surface area contributed by atoms with Crippen molar-refractivity contribution in [2.75, 3.05) is 30.9 Å². The van der Waals surface area contributed by atoms with E-state index in [4.69, 9.17) is 42.9 Å². The number of ether oxygens (including phenoxy) is 5. The maximum Gasteiger partial charge on any atom is 0.388 e. The third-order valence-electron chi connectivity index (χ3n) is 10.1. The van der Waals surface area contributed by atoms with Crippen molar-refractivity contribution in [2.24, 2.45) is 11.1 Å². The number of esters is 3. The Hall–Kier alpha value is -8.60. The second kappa shape index (κ2) is 25.7. The largest absolute Gasteiger partial charge is 0.465 e. The number of nitrogens with zero attached hydrogens (tertiary/aromatic N) is 8. The van der Waals surface area contributed by atoms with Gasteiger partial charge >= 0.3 is 37.2 Å². The minimum atomic E-state index is -3.24. The fourth-order valence-corrected chi connectivity index (χ4v) is 6.45. The molecule has 0 aliphatic carbocycles. The van der Waals surface area contributed by atoms with Crippen LogP contribution < -0.4 is 26.3 Å². The van der Waals surface area contributed by atoms with Crippen LogP contribution >= 0.6 is 12.4 Å². The standard InChI is InChI=1S/C21H18F4N6O4.C12H10F4N4O.C11H14N2O4.ClH/c1-3-34-19(33)21(2)13-15(26)27-16(28-17(13)29-18(21)32)11-7-12(35-20(24)25)31(30-11)8-9-5-4-6-10(22)14(9)23;13-7-3-1-2-6(10(7)14)5-20-9(21-12(15)16)4-8(19-20)11(17)18;1-5-16-9(14)11(3,8(7-12)13-4)10(15)17-6-2;/h4-7,20H,3,8H2,1-2H3,(H3,26,27,28,29,32);1-4,12H,5H2,(H3,17,18);8H,5-6H2,1-3H3;1H. The molecule has 2 unspecified atom stereocenters. The summed E-state index contributed by atoms with van der Waals surface area (Å²) >= 11 is 0. The summed E-state index contributed by atoms with van der Waals surface area (Å²) in [5, 5.41) is 26.3. The number of hydrogen-bond acceptors (Lipinski definition) is 16. The van der Waals surface area contributed by atoms with Crippen molar-refractivity contribution in [1.82, 2.24) is 29.5 Å². The summed E-state index contributed by atoms with van der Waals surface area (Å²) in [5.41, 5.74) is 7.03. The second-order valence-corrected chi connectivity index (χ2v) is 14.9. The van der Waals surface area contributed by atoms with Gasteiger partial charge in [0, 0.05) is 23.3 Å². The molecule has 6 rings (SSSR count). The molecule has 21 nitrogen and oxygen atoms in total. The second-order valence-electron chi connectivity index (χ2n) is 14.9. The smallest absolute Gasteiger partial charge is 0.388 e. The number of amidine groups is 1. The average molecular weight is 1070 g/mol. The van der Waals surface area contributed by atoms with Gasteiger partial charge in [-0.15, -0.1) is 12.4 Å². The number of nitriles is 1. The van der Waals surface area contributed by atoms with Crippen molar-refractivity contribution in [2.45, 2.75) is 72.4 Å². The number of benzene rings is 2. The quantitative estimate of drug-likeness (QED) is 0.0156. The van der Waals surface area contributed by atoms with Gasteiger partial charge in [-0.05, 0) is 46.8 Å². The number of alkyl halides is 4. The van der Waals surface area contributed by atoms with Gasteiger partial charge in [-0.25, -0.2) is 43.5 Å². The minimum absolute atomic E-state index is 0. The molecule has 1 aliphatic heterocycles. The maximum atomic E-state index is 14.1. The van der Waals surface area contributed by atoms with Crippen molar-refractivity contribution in [3.8, 4) is 29.3 Å². The number of anilines is 2. The first-order valence-electron chi connectivity index (χ1n) is 21.0. The van der Waals surface area contributed by atoms with Gasteiger partial charge in [0.25, 0.3) is 0 Å². The van der Waals surface area contributed by atoms with E-state index in [1.165, 1.54) is 38.1 Å². The highest BCUT2D eigenvalue weighted by molar-refractivity contribution is 6.19. The molecular formula is C44H43ClF8N12O9. The summed E-state index contributed by atoms with van der Waals surface area (Å²) in [6.07, 6.45) is 0. The third kappa shape index (κ3) is 13.3. The van der Waals surface area contributed by atoms with Crippen LogP contribution in [0.1, 0.15) is 57.0 Å². The van der Waals surface area contributed by atoms with Crippen molar-refractivity contribution < 1.29 is 78.0 Å². The Kier molecular flexibility index (Phi) is 20.7. The molecule has 0 radical (unpaired) electrons. The molecule has 74 heavy (non-hydrogen) atoms. The summed E-state index contributed by atoms with van der Waals surface area (Å²) in [6.45, 7) is 7.03. The van der Waals surface area contributed by atoms with Crippen LogP contribution in [-0.4, -0.2) is 98.3 Å². The van der Waals surface area contributed by atoms with Gasteiger partial charge in [-0.1, -0.05) is 24.3 Å². The fourth-order valence-electron chi connectivity index (χ4n) is 6.45. The van der Waals surface area contributed by atoms with Gasteiger partial charge < -0.3 is 40.5 Å². The molecule has 30 heteroatoms. The van der Waals surface area contributed by atoms with E-state index in [2.05, 4.69) is 39.8 Å². The number of nitrogens with one attached hydrogen (secondary N) is 2. The first kappa shape index (κ1) is 59.7. The molecule has 0 spiro atoms. The number of amides is 1. The van der Waals surface area contributed by atoms with Crippen LogP contribution in [0.5, 0.6) is 11.8 Å². The van der Waals surface area contributed by atoms with Gasteiger partial charge in [0.15, 0.2) is 40.6 Å². The molecule has 2 atom stereocenters. The Morgan fingerprint density at radius 2 is 1.35 bits per heavy atom. The summed E-state index contributed by atoms with van der Waals surface area (Å²) in [5.74, 6) is -9.79. The van der Waals surface area contributed by atoms with Crippen LogP contribution in [0, 0.1) is 52.0 Å². The topological polar surface area (TPSA) is 292 Å². The number of fused-ring (bicyclic) bond motifs is 1. The van der Waals surface area contributed by atoms with Crippen molar-refractivity contribution in [3.05, 3.63) is 106 Å². The van der Waals surface area contributed by atoms with Gasteiger partial charge in [0.1, 0.15) is 28.9 Å². The van der Waals surface area contributed by atoms with Crippen LogP contribution in [0.25, 0.3) is 16.4 Å². The van der Waals surface area contributed by atoms with Crippen LogP contribution in [-0.2, 0) is 51.9 Å². The van der Waals surface area contributed by atoms with E-state index in [9.17, 15) is 54.3 Å². The molecule has 4 heterocycles. The lowest BCUT2D eigenvalue weighted by molar-refractivity contribution is -0.170. The predicted octanol–water partition coefficient (Wildman–Crippen LogP) is 6.07. The number of rotatable bonds is 17. The Bertz CT molecular complexity index is 2940. The van der Waals surface area contributed by atoms with Gasteiger partial charge in [0.2, 0.25) is 23.1 Å². The van der Waals surface area contributed by atoms with Crippen molar-refractivity contribution >= 4 is 53.7 Å².